The predicted octanol–water partition coefficient (Wildman–Crippen LogP) is 7.01. The summed E-state index contributed by atoms with van der Waals surface area (Å²) in [7, 11) is -2.90. The number of hydrogen-bond acceptors (Lipinski definition) is 8. The smallest absolute Gasteiger partial charge is 0.339 e. The summed E-state index contributed by atoms with van der Waals surface area (Å²) in [6.07, 6.45) is 3.20. The summed E-state index contributed by atoms with van der Waals surface area (Å²) in [5.41, 5.74) is 2.66. The highest BCUT2D eigenvalue weighted by Crippen LogP contribution is 2.55. The maximum Gasteiger partial charge on any atom is 0.339 e. The molecule has 0 bridgehead atoms. The number of benzene rings is 2. The van der Waals surface area contributed by atoms with Crippen molar-refractivity contribution in [3.63, 3.8) is 0 Å². The number of halogens is 1. The van der Waals surface area contributed by atoms with Crippen LogP contribution in [0.3, 0.4) is 0 Å². The van der Waals surface area contributed by atoms with Crippen molar-refractivity contribution in [2.75, 3.05) is 13.7 Å². The molecule has 1 heterocycles. The van der Waals surface area contributed by atoms with Crippen LogP contribution in [0.1, 0.15) is 76.8 Å². The average Bonchev–Trinajstić information content (AvgIpc) is 2.95. The molecule has 1 aliphatic heterocycles. The molecule has 0 unspecified atom stereocenters. The van der Waals surface area contributed by atoms with E-state index in [2.05, 4.69) is 6.58 Å². The van der Waals surface area contributed by atoms with E-state index in [0.29, 0.717) is 40.1 Å². The number of nitrogens with zero attached hydrogens (tertiary/aromatic N) is 1. The molecule has 0 saturated heterocycles. The van der Waals surface area contributed by atoms with Crippen LogP contribution in [0.15, 0.2) is 76.5 Å². The first-order chi connectivity index (χ1) is 22.0. The van der Waals surface area contributed by atoms with Gasteiger partial charge in [-0.1, -0.05) is 51.4 Å². The molecule has 5 rings (SSSR count). The van der Waals surface area contributed by atoms with Crippen molar-refractivity contribution in [1.82, 2.24) is 4.90 Å². The number of Topliss-reactive ketones (excluding diaryl/α,β-unsaturated/α-hetero) is 2. The lowest BCUT2D eigenvalue weighted by atomic mass is 9.63. The van der Waals surface area contributed by atoms with E-state index in [-0.39, 0.29) is 71.0 Å². The van der Waals surface area contributed by atoms with Crippen molar-refractivity contribution in [3.05, 3.63) is 87.7 Å². The van der Waals surface area contributed by atoms with Crippen LogP contribution in [-0.4, -0.2) is 49.6 Å². The zero-order valence-electron chi connectivity index (χ0n) is 27.3. The molecule has 0 atom stereocenters. The third-order valence-electron chi connectivity index (χ3n) is 8.94. The zero-order valence-corrected chi connectivity index (χ0v) is 28.9. The maximum absolute atomic E-state index is 14.1. The van der Waals surface area contributed by atoms with Crippen molar-refractivity contribution in [2.24, 2.45) is 10.8 Å². The van der Waals surface area contributed by atoms with Gasteiger partial charge in [-0.05, 0) is 66.0 Å². The highest BCUT2D eigenvalue weighted by Gasteiger charge is 2.49. The van der Waals surface area contributed by atoms with Gasteiger partial charge in [-0.15, -0.1) is 6.58 Å². The van der Waals surface area contributed by atoms with Crippen LogP contribution < -0.4 is 8.92 Å². The summed E-state index contributed by atoms with van der Waals surface area (Å²) < 4.78 is 38.1. The summed E-state index contributed by atoms with van der Waals surface area (Å²) in [5.74, 6) is -1.86. The lowest BCUT2D eigenvalue weighted by molar-refractivity contribution is -0.137. The van der Waals surface area contributed by atoms with E-state index < -0.39 is 22.0 Å². The Morgan fingerprint density at radius 2 is 1.55 bits per heavy atom. The topological polar surface area (TPSA) is 127 Å². The number of ketones is 2. The van der Waals surface area contributed by atoms with E-state index in [1.165, 1.54) is 31.4 Å². The third kappa shape index (κ3) is 6.90. The fraction of sp³-hybridized carbons (Fsp3) is 0.417. The molecule has 2 aromatic rings. The highest BCUT2D eigenvalue weighted by atomic mass is 35.5. The van der Waals surface area contributed by atoms with Gasteiger partial charge in [-0.3, -0.25) is 14.4 Å². The molecular weight excluding hydrogens is 642 g/mol. The van der Waals surface area contributed by atoms with Crippen LogP contribution in [0, 0.1) is 10.8 Å². The normalized spacial score (nSPS) is 19.3. The molecule has 0 amide bonds. The van der Waals surface area contributed by atoms with E-state index in [0.717, 1.165) is 11.4 Å². The standard InChI is InChI=1S/C36H40ClNO8S/c1-7-8-21-15-22(16-29(45-6)34(21)46-47(43,44)24-11-9-23(37)10-12-24)31-32-25(17-35(2,3)19-27(32)39)38(14-13-30(41)42)26-18-36(4,5)20-28(40)33(26)31/h7,9-12,15-16,31H,1,8,13-14,17-20H2,2-6H3,(H,41,42). The van der Waals surface area contributed by atoms with Gasteiger partial charge in [0.2, 0.25) is 0 Å². The van der Waals surface area contributed by atoms with Gasteiger partial charge in [0.1, 0.15) is 4.90 Å². The largest absolute Gasteiger partial charge is 0.493 e. The molecule has 250 valence electrons. The number of aliphatic carboxylic acids is 1. The summed E-state index contributed by atoms with van der Waals surface area (Å²) in [4.78, 5) is 41.8. The first kappa shape index (κ1) is 34.4. The summed E-state index contributed by atoms with van der Waals surface area (Å²) >= 11 is 5.97. The van der Waals surface area contributed by atoms with E-state index in [4.69, 9.17) is 20.5 Å². The van der Waals surface area contributed by atoms with Gasteiger partial charge in [0, 0.05) is 58.4 Å². The van der Waals surface area contributed by atoms with Crippen LogP contribution in [0.5, 0.6) is 11.5 Å². The molecule has 2 aromatic carbocycles. The lowest BCUT2D eigenvalue weighted by Crippen LogP contribution is -2.45. The van der Waals surface area contributed by atoms with E-state index in [9.17, 15) is 27.9 Å². The predicted molar refractivity (Wildman–Crippen MR) is 178 cm³/mol. The molecule has 1 N–H and O–H groups in total. The van der Waals surface area contributed by atoms with Crippen LogP contribution in [0.2, 0.25) is 5.02 Å². The molecule has 11 heteroatoms. The second kappa shape index (κ2) is 12.6. The molecular formula is C36H40ClNO8S. The van der Waals surface area contributed by atoms with Gasteiger partial charge in [-0.2, -0.15) is 8.42 Å². The molecule has 2 aliphatic carbocycles. The zero-order chi connectivity index (χ0) is 34.5. The van der Waals surface area contributed by atoms with Gasteiger partial charge in [0.25, 0.3) is 0 Å². The van der Waals surface area contributed by atoms with E-state index in [1.54, 1.807) is 18.2 Å². The Labute approximate surface area is 281 Å². The fourth-order valence-corrected chi connectivity index (χ4v) is 8.12. The summed E-state index contributed by atoms with van der Waals surface area (Å²) in [6, 6.07) is 8.98. The second-order valence-electron chi connectivity index (χ2n) is 14.0. The lowest BCUT2D eigenvalue weighted by Gasteiger charge is -2.49. The average molecular weight is 682 g/mol. The van der Waals surface area contributed by atoms with Crippen molar-refractivity contribution in [2.45, 2.75) is 77.0 Å². The molecule has 47 heavy (non-hydrogen) atoms. The molecule has 9 nitrogen and oxygen atoms in total. The van der Waals surface area contributed by atoms with Crippen LogP contribution in [0.4, 0.5) is 0 Å². The monoisotopic (exact) mass is 681 g/mol. The Balaban J connectivity index is 1.74. The minimum absolute atomic E-state index is 0.0272. The number of ether oxygens (including phenoxy) is 1. The van der Waals surface area contributed by atoms with Crippen LogP contribution in [-0.2, 0) is 30.9 Å². The molecule has 0 spiro atoms. The summed E-state index contributed by atoms with van der Waals surface area (Å²) in [6.45, 7) is 12.0. The number of allylic oxidation sites excluding steroid dienone is 5. The Morgan fingerprint density at radius 3 is 2.04 bits per heavy atom. The SMILES string of the molecule is C=CCc1cc(C2C3=C(CC(C)(C)CC3=O)N(CCC(=O)O)C3=C2C(=O)CC(C)(C)C3)cc(OC)c1OS(=O)(=O)c1ccc(Cl)cc1. The number of carbonyl (C=O) groups excluding carboxylic acids is 2. The Bertz CT molecular complexity index is 1780. The quantitative estimate of drug-likeness (QED) is 0.208. The van der Waals surface area contributed by atoms with Gasteiger partial charge in [0.15, 0.2) is 23.1 Å². The fourth-order valence-electron chi connectivity index (χ4n) is 7.02. The van der Waals surface area contributed by atoms with Gasteiger partial charge < -0.3 is 18.9 Å². The number of methoxy groups -OCH3 is 1. The number of carboxylic acids is 1. The minimum Gasteiger partial charge on any atom is -0.493 e. The number of hydrogen-bond donors (Lipinski definition) is 1. The van der Waals surface area contributed by atoms with Gasteiger partial charge in [-0.25, -0.2) is 0 Å². The highest BCUT2D eigenvalue weighted by molar-refractivity contribution is 7.87. The first-order valence-electron chi connectivity index (χ1n) is 15.5. The second-order valence-corrected chi connectivity index (χ2v) is 16.0. The number of rotatable bonds is 10. The van der Waals surface area contributed by atoms with Crippen molar-refractivity contribution >= 4 is 39.3 Å². The number of carbonyl (C=O) groups is 3. The van der Waals surface area contributed by atoms with Crippen LogP contribution >= 0.6 is 11.6 Å². The summed E-state index contributed by atoms with van der Waals surface area (Å²) in [5, 5.41) is 10.0. The molecule has 0 aromatic heterocycles. The van der Waals surface area contributed by atoms with E-state index in [1.807, 2.05) is 32.6 Å². The van der Waals surface area contributed by atoms with Crippen LogP contribution in [0.25, 0.3) is 0 Å². The van der Waals surface area contributed by atoms with Gasteiger partial charge in [0.05, 0.1) is 13.5 Å². The Kier molecular flexibility index (Phi) is 9.25. The van der Waals surface area contributed by atoms with Crippen molar-refractivity contribution in [1.29, 1.82) is 0 Å². The van der Waals surface area contributed by atoms with Crippen molar-refractivity contribution in [3.8, 4) is 11.5 Å². The molecule has 0 radical (unpaired) electrons. The van der Waals surface area contributed by atoms with E-state index >= 15 is 0 Å². The third-order valence-corrected chi connectivity index (χ3v) is 10.4. The van der Waals surface area contributed by atoms with Gasteiger partial charge >= 0.3 is 16.1 Å². The maximum atomic E-state index is 14.1. The molecule has 0 saturated carbocycles. The van der Waals surface area contributed by atoms with Crippen molar-refractivity contribution < 1.29 is 36.8 Å². The minimum atomic E-state index is -4.30. The Hall–Kier alpha value is -3.89. The number of carboxylic acid groups (broad SMARTS) is 1. The molecule has 3 aliphatic rings. The Morgan fingerprint density at radius 1 is 1.00 bits per heavy atom. The first-order valence-corrected chi connectivity index (χ1v) is 17.3. The molecule has 0 fully saturated rings.